The molecule has 0 amide bonds. The first-order chi connectivity index (χ1) is 11.1. The standard InChI is InChI=1S/C16H20N4O3/c1-22-13-4-3-10(7-14(13)23-2)8-20-6-5-12-11(9-20)15(21)19-16(17)18-12/h3-4,7H,5-6,8-9H2,1-2H3,(H3,17,18,19,21). The van der Waals surface area contributed by atoms with Crippen LogP contribution in [0.1, 0.15) is 16.8 Å². The molecular weight excluding hydrogens is 296 g/mol. The van der Waals surface area contributed by atoms with Crippen molar-refractivity contribution in [2.75, 3.05) is 26.5 Å². The fraction of sp³-hybridized carbons (Fsp3) is 0.375. The predicted octanol–water partition coefficient (Wildman–Crippen LogP) is 0.928. The number of hydrogen-bond donors (Lipinski definition) is 2. The molecule has 0 saturated heterocycles. The lowest BCUT2D eigenvalue weighted by molar-refractivity contribution is 0.241. The molecule has 23 heavy (non-hydrogen) atoms. The fourth-order valence-electron chi connectivity index (χ4n) is 2.87. The predicted molar refractivity (Wildman–Crippen MR) is 86.6 cm³/mol. The zero-order chi connectivity index (χ0) is 16.4. The first-order valence-electron chi connectivity index (χ1n) is 7.41. The zero-order valence-electron chi connectivity index (χ0n) is 13.3. The number of H-pyrrole nitrogens is 1. The molecule has 0 aliphatic carbocycles. The summed E-state index contributed by atoms with van der Waals surface area (Å²) in [6.07, 6.45) is 0.719. The summed E-state index contributed by atoms with van der Waals surface area (Å²) in [5.41, 5.74) is 8.05. The lowest BCUT2D eigenvalue weighted by Crippen LogP contribution is -2.35. The molecule has 2 heterocycles. The summed E-state index contributed by atoms with van der Waals surface area (Å²) < 4.78 is 10.6. The van der Waals surface area contributed by atoms with Crippen LogP contribution < -0.4 is 20.8 Å². The molecule has 0 radical (unpaired) electrons. The Morgan fingerprint density at radius 2 is 2.09 bits per heavy atom. The topological polar surface area (TPSA) is 93.5 Å². The van der Waals surface area contributed by atoms with E-state index in [4.69, 9.17) is 15.2 Å². The Hall–Kier alpha value is -2.54. The van der Waals surface area contributed by atoms with Crippen LogP contribution in [0.5, 0.6) is 11.5 Å². The Kier molecular flexibility index (Phi) is 4.20. The van der Waals surface area contributed by atoms with Crippen molar-refractivity contribution >= 4 is 5.95 Å². The Labute approximate surface area is 134 Å². The summed E-state index contributed by atoms with van der Waals surface area (Å²) in [7, 11) is 3.23. The number of fused-ring (bicyclic) bond motifs is 1. The van der Waals surface area contributed by atoms with Crippen LogP contribution in [-0.2, 0) is 19.5 Å². The number of nitrogen functional groups attached to an aromatic ring is 1. The molecule has 1 aliphatic rings. The molecule has 3 rings (SSSR count). The Morgan fingerprint density at radius 1 is 1.30 bits per heavy atom. The van der Waals surface area contributed by atoms with Gasteiger partial charge in [0.15, 0.2) is 11.5 Å². The maximum Gasteiger partial charge on any atom is 0.257 e. The first kappa shape index (κ1) is 15.4. The van der Waals surface area contributed by atoms with E-state index in [2.05, 4.69) is 14.9 Å². The number of aromatic nitrogens is 2. The SMILES string of the molecule is COc1ccc(CN2CCc3nc(N)[nH]c(=O)c3C2)cc1OC. The van der Waals surface area contributed by atoms with Crippen LogP contribution in [0.3, 0.4) is 0 Å². The van der Waals surface area contributed by atoms with Crippen LogP contribution in [0, 0.1) is 0 Å². The Bertz CT molecular complexity index is 772. The number of nitrogens with one attached hydrogen (secondary N) is 1. The third kappa shape index (κ3) is 3.14. The molecule has 0 unspecified atom stereocenters. The number of rotatable bonds is 4. The van der Waals surface area contributed by atoms with Crippen molar-refractivity contribution in [3.05, 3.63) is 45.4 Å². The minimum Gasteiger partial charge on any atom is -0.493 e. The van der Waals surface area contributed by atoms with Crippen LogP contribution in [-0.4, -0.2) is 35.6 Å². The Morgan fingerprint density at radius 3 is 2.83 bits per heavy atom. The monoisotopic (exact) mass is 316 g/mol. The van der Waals surface area contributed by atoms with Gasteiger partial charge in [0.1, 0.15) is 0 Å². The molecule has 0 fully saturated rings. The number of anilines is 1. The summed E-state index contributed by atoms with van der Waals surface area (Å²) in [4.78, 5) is 21.0. The summed E-state index contributed by atoms with van der Waals surface area (Å²) in [6, 6.07) is 5.85. The van der Waals surface area contributed by atoms with Crippen molar-refractivity contribution in [2.45, 2.75) is 19.5 Å². The van der Waals surface area contributed by atoms with E-state index in [9.17, 15) is 4.79 Å². The lowest BCUT2D eigenvalue weighted by atomic mass is 10.1. The number of nitrogens with two attached hydrogens (primary N) is 1. The lowest BCUT2D eigenvalue weighted by Gasteiger charge is -2.27. The number of ether oxygens (including phenoxy) is 2. The van der Waals surface area contributed by atoms with Gasteiger partial charge in [0, 0.05) is 26.1 Å². The third-order valence-electron chi connectivity index (χ3n) is 4.02. The highest BCUT2D eigenvalue weighted by Gasteiger charge is 2.21. The fourth-order valence-corrected chi connectivity index (χ4v) is 2.87. The normalized spacial score (nSPS) is 14.3. The molecule has 0 spiro atoms. The molecule has 0 saturated carbocycles. The summed E-state index contributed by atoms with van der Waals surface area (Å²) in [5, 5.41) is 0. The summed E-state index contributed by atoms with van der Waals surface area (Å²) in [6.45, 7) is 2.12. The minimum absolute atomic E-state index is 0.149. The molecule has 7 nitrogen and oxygen atoms in total. The van der Waals surface area contributed by atoms with E-state index in [1.165, 1.54) is 0 Å². The van der Waals surface area contributed by atoms with Gasteiger partial charge >= 0.3 is 0 Å². The van der Waals surface area contributed by atoms with Gasteiger partial charge in [-0.2, -0.15) is 0 Å². The van der Waals surface area contributed by atoms with Crippen molar-refractivity contribution < 1.29 is 9.47 Å². The second-order valence-electron chi connectivity index (χ2n) is 5.53. The molecule has 1 aromatic heterocycles. The number of nitrogens with zero attached hydrogens (tertiary/aromatic N) is 2. The number of methoxy groups -OCH3 is 2. The van der Waals surface area contributed by atoms with E-state index in [-0.39, 0.29) is 11.5 Å². The van der Waals surface area contributed by atoms with E-state index >= 15 is 0 Å². The van der Waals surface area contributed by atoms with Gasteiger partial charge in [0.25, 0.3) is 5.56 Å². The smallest absolute Gasteiger partial charge is 0.257 e. The van der Waals surface area contributed by atoms with Gasteiger partial charge in [0.05, 0.1) is 25.5 Å². The molecule has 2 aromatic rings. The highest BCUT2D eigenvalue weighted by Crippen LogP contribution is 2.28. The third-order valence-corrected chi connectivity index (χ3v) is 4.02. The summed E-state index contributed by atoms with van der Waals surface area (Å²) in [5.74, 6) is 1.59. The van der Waals surface area contributed by atoms with Crippen LogP contribution in [0.2, 0.25) is 0 Å². The van der Waals surface area contributed by atoms with Gasteiger partial charge in [-0.25, -0.2) is 4.98 Å². The van der Waals surface area contributed by atoms with Gasteiger partial charge in [-0.05, 0) is 17.7 Å². The molecule has 3 N–H and O–H groups in total. The van der Waals surface area contributed by atoms with Crippen molar-refractivity contribution in [3.63, 3.8) is 0 Å². The van der Waals surface area contributed by atoms with Crippen LogP contribution in [0.15, 0.2) is 23.0 Å². The number of benzene rings is 1. The van der Waals surface area contributed by atoms with Crippen LogP contribution >= 0.6 is 0 Å². The van der Waals surface area contributed by atoms with Gasteiger partial charge in [-0.3, -0.25) is 14.7 Å². The average molecular weight is 316 g/mol. The van der Waals surface area contributed by atoms with Crippen molar-refractivity contribution in [1.29, 1.82) is 0 Å². The highest BCUT2D eigenvalue weighted by atomic mass is 16.5. The van der Waals surface area contributed by atoms with Gasteiger partial charge in [-0.1, -0.05) is 6.07 Å². The van der Waals surface area contributed by atoms with E-state index in [0.717, 1.165) is 30.8 Å². The van der Waals surface area contributed by atoms with Crippen LogP contribution in [0.25, 0.3) is 0 Å². The van der Waals surface area contributed by atoms with Gasteiger partial charge in [-0.15, -0.1) is 0 Å². The van der Waals surface area contributed by atoms with Crippen molar-refractivity contribution in [1.82, 2.24) is 14.9 Å². The van der Waals surface area contributed by atoms with E-state index in [1.54, 1.807) is 14.2 Å². The van der Waals surface area contributed by atoms with Crippen molar-refractivity contribution in [3.8, 4) is 11.5 Å². The molecule has 0 atom stereocenters. The zero-order valence-corrected chi connectivity index (χ0v) is 13.3. The van der Waals surface area contributed by atoms with E-state index < -0.39 is 0 Å². The maximum absolute atomic E-state index is 12.0. The van der Waals surface area contributed by atoms with Crippen LogP contribution in [0.4, 0.5) is 5.95 Å². The summed E-state index contributed by atoms with van der Waals surface area (Å²) >= 11 is 0. The quantitative estimate of drug-likeness (QED) is 0.871. The Balaban J connectivity index is 1.78. The second-order valence-corrected chi connectivity index (χ2v) is 5.53. The average Bonchev–Trinajstić information content (AvgIpc) is 2.55. The second kappa shape index (κ2) is 6.29. The molecular formula is C16H20N4O3. The molecule has 122 valence electrons. The van der Waals surface area contributed by atoms with E-state index in [1.807, 2.05) is 18.2 Å². The van der Waals surface area contributed by atoms with Crippen molar-refractivity contribution in [2.24, 2.45) is 0 Å². The van der Waals surface area contributed by atoms with Gasteiger partial charge < -0.3 is 15.2 Å². The molecule has 1 aliphatic heterocycles. The molecule has 1 aromatic carbocycles. The molecule has 0 bridgehead atoms. The van der Waals surface area contributed by atoms with E-state index in [0.29, 0.717) is 23.6 Å². The largest absolute Gasteiger partial charge is 0.493 e. The minimum atomic E-state index is -0.149. The highest BCUT2D eigenvalue weighted by molar-refractivity contribution is 5.43. The first-order valence-corrected chi connectivity index (χ1v) is 7.41. The maximum atomic E-state index is 12.0. The number of aromatic amines is 1. The van der Waals surface area contributed by atoms with Gasteiger partial charge in [0.2, 0.25) is 5.95 Å². The molecule has 7 heteroatoms. The number of hydrogen-bond acceptors (Lipinski definition) is 6.